The van der Waals surface area contributed by atoms with Crippen molar-refractivity contribution >= 4 is 28.2 Å². The molecule has 0 spiro atoms. The Morgan fingerprint density at radius 1 is 1.25 bits per heavy atom. The van der Waals surface area contributed by atoms with Crippen molar-refractivity contribution in [3.05, 3.63) is 41.6 Å². The van der Waals surface area contributed by atoms with Crippen molar-refractivity contribution in [2.24, 2.45) is 7.05 Å². The second-order valence-corrected chi connectivity index (χ2v) is 8.23. The van der Waals surface area contributed by atoms with Gasteiger partial charge in [0.1, 0.15) is 0 Å². The fourth-order valence-corrected chi connectivity index (χ4v) is 4.28. The Kier molecular flexibility index (Phi) is 3.93. The minimum Gasteiger partial charge on any atom is -0.380 e. The van der Waals surface area contributed by atoms with Crippen LogP contribution in [-0.4, -0.2) is 21.7 Å². The zero-order valence-electron chi connectivity index (χ0n) is 16.7. The van der Waals surface area contributed by atoms with Crippen LogP contribution < -0.4 is 10.6 Å². The Bertz CT molecular complexity index is 1100. The van der Waals surface area contributed by atoms with Gasteiger partial charge >= 0.3 is 0 Å². The molecule has 3 aromatic rings. The molecule has 1 saturated carbocycles. The molecule has 2 aliphatic rings. The van der Waals surface area contributed by atoms with Crippen LogP contribution in [-0.2, 0) is 18.3 Å². The van der Waals surface area contributed by atoms with E-state index in [-0.39, 0.29) is 14.8 Å². The van der Waals surface area contributed by atoms with Gasteiger partial charge in [-0.3, -0.25) is 9.48 Å². The molecule has 1 fully saturated rings. The summed E-state index contributed by atoms with van der Waals surface area (Å²) in [6.45, 7) is 4.21. The summed E-state index contributed by atoms with van der Waals surface area (Å²) in [5, 5.41) is 12.7. The van der Waals surface area contributed by atoms with E-state index < -0.39 is 0 Å². The summed E-state index contributed by atoms with van der Waals surface area (Å²) in [5.74, 6) is 0.673. The minimum atomic E-state index is 0. The van der Waals surface area contributed by atoms with E-state index in [4.69, 9.17) is 5.10 Å². The third-order valence-corrected chi connectivity index (χ3v) is 5.92. The normalized spacial score (nSPS) is 19.1. The van der Waals surface area contributed by atoms with Crippen molar-refractivity contribution in [1.82, 2.24) is 9.78 Å². The van der Waals surface area contributed by atoms with E-state index in [1.54, 1.807) is 0 Å². The molecule has 148 valence electrons. The highest BCUT2D eigenvalue weighted by atomic mass is 16.1. The number of aryl methyl sites for hydroxylation is 2. The first-order chi connectivity index (χ1) is 13.5. The van der Waals surface area contributed by atoms with Gasteiger partial charge in [-0.2, -0.15) is 5.10 Å². The van der Waals surface area contributed by atoms with Crippen LogP contribution in [0, 0.1) is 0 Å². The van der Waals surface area contributed by atoms with Gasteiger partial charge < -0.3 is 10.6 Å². The topological polar surface area (TPSA) is 59.0 Å². The molecule has 5 heteroatoms. The molecule has 1 aliphatic carbocycles. The van der Waals surface area contributed by atoms with E-state index in [0.717, 1.165) is 23.4 Å². The molecule has 2 heterocycles. The molecule has 0 bridgehead atoms. The van der Waals surface area contributed by atoms with Crippen molar-refractivity contribution in [2.45, 2.75) is 51.5 Å². The summed E-state index contributed by atoms with van der Waals surface area (Å²) < 4.78 is 2.00. The zero-order valence-corrected chi connectivity index (χ0v) is 16.7. The van der Waals surface area contributed by atoms with Crippen LogP contribution in [0.3, 0.4) is 0 Å². The van der Waals surface area contributed by atoms with Gasteiger partial charge in [-0.15, -0.1) is 0 Å². The number of rotatable bonds is 3. The van der Waals surface area contributed by atoms with E-state index in [1.807, 2.05) is 11.7 Å². The number of fused-ring (bicyclic) bond motifs is 2. The summed E-state index contributed by atoms with van der Waals surface area (Å²) >= 11 is 0. The highest BCUT2D eigenvalue weighted by Crippen LogP contribution is 2.44. The number of aromatic nitrogens is 2. The average molecular weight is 379 g/mol. The van der Waals surface area contributed by atoms with Gasteiger partial charge in [0.25, 0.3) is 0 Å². The summed E-state index contributed by atoms with van der Waals surface area (Å²) in [4.78, 5) is 12.2. The molecule has 1 atom stereocenters. The highest BCUT2D eigenvalue weighted by molar-refractivity contribution is 6.01. The number of hydrogen-bond donors (Lipinski definition) is 2. The molecule has 0 radical (unpaired) electrons. The van der Waals surface area contributed by atoms with Gasteiger partial charge in [-0.05, 0) is 61.6 Å². The summed E-state index contributed by atoms with van der Waals surface area (Å²) in [6, 6.07) is 11.1. The lowest BCUT2D eigenvalue weighted by Crippen LogP contribution is -2.19. The van der Waals surface area contributed by atoms with Crippen LogP contribution in [0.4, 0.5) is 11.4 Å². The maximum absolute atomic E-state index is 12.2. The van der Waals surface area contributed by atoms with Gasteiger partial charge in [0.2, 0.25) is 5.91 Å². The average Bonchev–Trinajstić information content (AvgIpc) is 3.47. The molecule has 2 aromatic carbocycles. The quantitative estimate of drug-likeness (QED) is 0.649. The fraction of sp³-hybridized carbons (Fsp3) is 0.391. The number of anilines is 2. The first-order valence-electron chi connectivity index (χ1n) is 10.2. The molecular formula is C23H30N4O. The Morgan fingerprint density at radius 2 is 2.07 bits per heavy atom. The lowest BCUT2D eigenvalue weighted by Gasteiger charge is -2.18. The van der Waals surface area contributed by atoms with Gasteiger partial charge in [0.15, 0.2) is 0 Å². The molecule has 0 saturated heterocycles. The van der Waals surface area contributed by atoms with Gasteiger partial charge in [0.05, 0.1) is 22.6 Å². The number of hydrogen-bond acceptors (Lipinski definition) is 3. The smallest absolute Gasteiger partial charge is 0.226 e. The molecule has 28 heavy (non-hydrogen) atoms. The van der Waals surface area contributed by atoms with Crippen LogP contribution >= 0.6 is 0 Å². The standard InChI is InChI=1S/C23H26N4O.2H2/c1-4-14-10-17(23-19(11-14)25-21(28)9-13(2)24-23)16-7-8-20-18(12-16)22(15-5-6-15)26-27(20)3;;/h7-8,10-13,15,24H,4-6,9H2,1-3H3,(H,25,28);2*1H/t13-;;/m1../s1. The van der Waals surface area contributed by atoms with Crippen LogP contribution in [0.5, 0.6) is 0 Å². The number of carbonyl (C=O) groups is 1. The minimum absolute atomic E-state index is 0. The Morgan fingerprint density at radius 3 is 2.82 bits per heavy atom. The lowest BCUT2D eigenvalue weighted by molar-refractivity contribution is -0.116. The van der Waals surface area contributed by atoms with E-state index in [2.05, 4.69) is 54.8 Å². The van der Waals surface area contributed by atoms with Crippen LogP contribution in [0.1, 0.15) is 53.1 Å². The largest absolute Gasteiger partial charge is 0.380 e. The second-order valence-electron chi connectivity index (χ2n) is 8.23. The summed E-state index contributed by atoms with van der Waals surface area (Å²) in [7, 11) is 2.02. The van der Waals surface area contributed by atoms with E-state index in [0.29, 0.717) is 12.3 Å². The third-order valence-electron chi connectivity index (χ3n) is 5.92. The maximum Gasteiger partial charge on any atom is 0.226 e. The zero-order chi connectivity index (χ0) is 19.4. The van der Waals surface area contributed by atoms with Crippen molar-refractivity contribution < 1.29 is 7.65 Å². The Labute approximate surface area is 168 Å². The first kappa shape index (κ1) is 17.3. The van der Waals surface area contributed by atoms with Crippen molar-refractivity contribution in [1.29, 1.82) is 0 Å². The monoisotopic (exact) mass is 378 g/mol. The Hall–Kier alpha value is -2.82. The summed E-state index contributed by atoms with van der Waals surface area (Å²) in [5.41, 5.74) is 7.86. The molecule has 2 N–H and O–H groups in total. The number of carbonyl (C=O) groups excluding carboxylic acids is 1. The highest BCUT2D eigenvalue weighted by Gasteiger charge is 2.29. The van der Waals surface area contributed by atoms with Crippen molar-refractivity contribution in [3.63, 3.8) is 0 Å². The van der Waals surface area contributed by atoms with Crippen LogP contribution in [0.2, 0.25) is 0 Å². The number of benzene rings is 2. The molecule has 1 aliphatic heterocycles. The predicted molar refractivity (Wildman–Crippen MR) is 118 cm³/mol. The van der Waals surface area contributed by atoms with Gasteiger partial charge in [-0.1, -0.05) is 13.0 Å². The third kappa shape index (κ3) is 2.86. The van der Waals surface area contributed by atoms with Gasteiger partial charge in [0, 0.05) is 39.2 Å². The predicted octanol–water partition coefficient (Wildman–Crippen LogP) is 5.31. The molecular weight excluding hydrogens is 348 g/mol. The van der Waals surface area contributed by atoms with E-state index >= 15 is 0 Å². The molecule has 0 unspecified atom stereocenters. The second kappa shape index (κ2) is 6.36. The fourth-order valence-electron chi connectivity index (χ4n) is 4.28. The molecule has 5 nitrogen and oxygen atoms in total. The first-order valence-corrected chi connectivity index (χ1v) is 10.2. The Balaban J connectivity index is 0.00000128. The number of amides is 1. The van der Waals surface area contributed by atoms with Crippen LogP contribution in [0.25, 0.3) is 22.0 Å². The van der Waals surface area contributed by atoms with Crippen molar-refractivity contribution in [3.8, 4) is 11.1 Å². The number of nitrogens with zero attached hydrogens (tertiary/aromatic N) is 2. The number of nitrogens with one attached hydrogen (secondary N) is 2. The molecule has 1 aromatic heterocycles. The molecule has 1 amide bonds. The van der Waals surface area contributed by atoms with Crippen LogP contribution in [0.15, 0.2) is 30.3 Å². The van der Waals surface area contributed by atoms with Gasteiger partial charge in [-0.25, -0.2) is 0 Å². The lowest BCUT2D eigenvalue weighted by atomic mass is 9.96. The van der Waals surface area contributed by atoms with E-state index in [9.17, 15) is 4.79 Å². The maximum atomic E-state index is 12.2. The molecule has 5 rings (SSSR count). The SMILES string of the molecule is CCc1cc2c(c(-c3ccc4c(c3)c(C3CC3)nn4C)c1)N[C@H](C)CC(=O)N2.[HH].[HH]. The van der Waals surface area contributed by atoms with Crippen molar-refractivity contribution in [2.75, 3.05) is 10.6 Å². The summed E-state index contributed by atoms with van der Waals surface area (Å²) in [6.07, 6.45) is 3.88. The van der Waals surface area contributed by atoms with E-state index in [1.165, 1.54) is 40.6 Å².